The highest BCUT2D eigenvalue weighted by molar-refractivity contribution is 5.92. The van der Waals surface area contributed by atoms with Crippen LogP contribution in [0.2, 0.25) is 0 Å². The third-order valence-corrected chi connectivity index (χ3v) is 4.48. The van der Waals surface area contributed by atoms with Gasteiger partial charge < -0.3 is 11.1 Å². The molecule has 0 spiro atoms. The minimum absolute atomic E-state index is 0.393. The van der Waals surface area contributed by atoms with Gasteiger partial charge in [0.2, 0.25) is 5.91 Å². The number of rotatable bonds is 6. The highest BCUT2D eigenvalue weighted by Crippen LogP contribution is 2.19. The molecule has 0 aliphatic carbocycles. The van der Waals surface area contributed by atoms with Crippen LogP contribution in [0.15, 0.2) is 42.6 Å². The third-order valence-electron chi connectivity index (χ3n) is 4.48. The average Bonchev–Trinajstić information content (AvgIpc) is 3.08. The maximum absolute atomic E-state index is 11.1. The molecule has 3 N–H and O–H groups in total. The van der Waals surface area contributed by atoms with Gasteiger partial charge in [0.05, 0.1) is 5.56 Å². The topological polar surface area (TPSA) is 95.0 Å². The molecule has 0 bridgehead atoms. The molecule has 1 aliphatic heterocycles. The first-order valence-electron chi connectivity index (χ1n) is 8.35. The number of nitrogens with two attached hydrogens (primary N) is 1. The van der Waals surface area contributed by atoms with Gasteiger partial charge in [0.15, 0.2) is 0 Å². The summed E-state index contributed by atoms with van der Waals surface area (Å²) >= 11 is 0. The second-order valence-electron chi connectivity index (χ2n) is 6.38. The first-order chi connectivity index (χ1) is 12.1. The predicted molar refractivity (Wildman–Crippen MR) is 95.8 cm³/mol. The number of nitrogens with zero attached hydrogens (tertiary/aromatic N) is 3. The minimum atomic E-state index is -0.393. The molecule has 3 rings (SSSR count). The maximum atomic E-state index is 11.1. The van der Waals surface area contributed by atoms with Crippen LogP contribution in [0.3, 0.4) is 0 Å². The summed E-state index contributed by atoms with van der Waals surface area (Å²) in [6, 6.07) is 13.2. The number of benzene rings is 1. The minimum Gasteiger partial charge on any atom is -0.370 e. The molecule has 0 saturated carbocycles. The van der Waals surface area contributed by atoms with E-state index in [2.05, 4.69) is 21.3 Å². The van der Waals surface area contributed by atoms with Gasteiger partial charge in [-0.15, -0.1) is 0 Å². The molecule has 1 aromatic carbocycles. The van der Waals surface area contributed by atoms with E-state index >= 15 is 0 Å². The Morgan fingerprint density at radius 3 is 2.76 bits per heavy atom. The second kappa shape index (κ2) is 7.77. The summed E-state index contributed by atoms with van der Waals surface area (Å²) in [6.07, 6.45) is 2.72. The quantitative estimate of drug-likeness (QED) is 0.842. The van der Waals surface area contributed by atoms with E-state index in [9.17, 15) is 4.79 Å². The summed E-state index contributed by atoms with van der Waals surface area (Å²) in [6.45, 7) is 3.84. The standard InChI is InChI=1S/C19H21N5O/c20-9-15-3-6-18(22-10-15)23-11-16-7-8-24(13-16)12-14-1-4-17(5-2-14)19(21)25/h1-6,10,16H,7-8,11-13H2,(H2,21,25)(H,22,23)/t16-/m1/s1. The van der Waals surface area contributed by atoms with Crippen molar-refractivity contribution >= 4 is 11.7 Å². The number of likely N-dealkylation sites (tertiary alicyclic amines) is 1. The Bertz CT molecular complexity index is 764. The van der Waals surface area contributed by atoms with Gasteiger partial charge in [0, 0.05) is 31.4 Å². The molecule has 0 unspecified atom stereocenters. The normalized spacial score (nSPS) is 17.2. The molecule has 1 fully saturated rings. The molecule has 25 heavy (non-hydrogen) atoms. The molecule has 2 aromatic rings. The fraction of sp³-hybridized carbons (Fsp3) is 0.316. The molecule has 1 aromatic heterocycles. The van der Waals surface area contributed by atoms with Crippen LogP contribution in [-0.2, 0) is 6.54 Å². The molecular formula is C19H21N5O. The number of nitrogens with one attached hydrogen (secondary N) is 1. The number of anilines is 1. The lowest BCUT2D eigenvalue weighted by Crippen LogP contribution is -2.23. The molecule has 1 aliphatic rings. The van der Waals surface area contributed by atoms with Gasteiger partial charge in [-0.2, -0.15) is 5.26 Å². The number of aromatic nitrogens is 1. The van der Waals surface area contributed by atoms with Crippen LogP contribution < -0.4 is 11.1 Å². The third kappa shape index (κ3) is 4.55. The summed E-state index contributed by atoms with van der Waals surface area (Å²) in [5.41, 5.74) is 7.57. The van der Waals surface area contributed by atoms with Crippen LogP contribution in [0, 0.1) is 17.2 Å². The maximum Gasteiger partial charge on any atom is 0.248 e. The first kappa shape index (κ1) is 16.9. The number of pyridine rings is 1. The lowest BCUT2D eigenvalue weighted by atomic mass is 10.1. The average molecular weight is 335 g/mol. The zero-order valence-electron chi connectivity index (χ0n) is 14.0. The van der Waals surface area contributed by atoms with E-state index in [4.69, 9.17) is 11.0 Å². The molecule has 2 heterocycles. The van der Waals surface area contributed by atoms with Crippen molar-refractivity contribution in [3.63, 3.8) is 0 Å². The fourth-order valence-corrected chi connectivity index (χ4v) is 3.07. The SMILES string of the molecule is N#Cc1ccc(NC[C@H]2CCN(Cc3ccc(C(N)=O)cc3)C2)nc1. The molecule has 6 heteroatoms. The molecule has 1 atom stereocenters. The van der Waals surface area contributed by atoms with Crippen molar-refractivity contribution in [2.45, 2.75) is 13.0 Å². The number of nitriles is 1. The van der Waals surface area contributed by atoms with Gasteiger partial charge in [-0.05, 0) is 48.7 Å². The largest absolute Gasteiger partial charge is 0.370 e. The smallest absolute Gasteiger partial charge is 0.248 e. The van der Waals surface area contributed by atoms with E-state index in [0.29, 0.717) is 17.0 Å². The van der Waals surface area contributed by atoms with Crippen molar-refractivity contribution in [1.82, 2.24) is 9.88 Å². The summed E-state index contributed by atoms with van der Waals surface area (Å²) < 4.78 is 0. The predicted octanol–water partition coefficient (Wildman–Crippen LogP) is 1.99. The number of amides is 1. The highest BCUT2D eigenvalue weighted by atomic mass is 16.1. The highest BCUT2D eigenvalue weighted by Gasteiger charge is 2.22. The Labute approximate surface area is 147 Å². The van der Waals surface area contributed by atoms with Crippen molar-refractivity contribution in [2.75, 3.05) is 25.0 Å². The Morgan fingerprint density at radius 1 is 1.32 bits per heavy atom. The van der Waals surface area contributed by atoms with E-state index < -0.39 is 5.91 Å². The van der Waals surface area contributed by atoms with E-state index in [-0.39, 0.29) is 0 Å². The number of hydrogen-bond acceptors (Lipinski definition) is 5. The molecule has 1 amide bonds. The van der Waals surface area contributed by atoms with Crippen molar-refractivity contribution in [3.05, 3.63) is 59.3 Å². The first-order valence-corrected chi connectivity index (χ1v) is 8.35. The second-order valence-corrected chi connectivity index (χ2v) is 6.38. The number of primary amides is 1. The van der Waals surface area contributed by atoms with E-state index in [1.165, 1.54) is 5.56 Å². The van der Waals surface area contributed by atoms with Crippen molar-refractivity contribution < 1.29 is 4.79 Å². The van der Waals surface area contributed by atoms with Crippen molar-refractivity contribution in [3.8, 4) is 6.07 Å². The van der Waals surface area contributed by atoms with E-state index in [1.54, 1.807) is 24.4 Å². The Hall–Kier alpha value is -2.91. The summed E-state index contributed by atoms with van der Waals surface area (Å²) in [4.78, 5) is 17.8. The van der Waals surface area contributed by atoms with Gasteiger partial charge in [0.1, 0.15) is 11.9 Å². The van der Waals surface area contributed by atoms with Crippen LogP contribution in [0.5, 0.6) is 0 Å². The van der Waals surface area contributed by atoms with E-state index in [0.717, 1.165) is 38.4 Å². The lowest BCUT2D eigenvalue weighted by molar-refractivity contribution is 0.100. The summed E-state index contributed by atoms with van der Waals surface area (Å²) in [7, 11) is 0. The Kier molecular flexibility index (Phi) is 5.26. The van der Waals surface area contributed by atoms with E-state index in [1.807, 2.05) is 18.2 Å². The lowest BCUT2D eigenvalue weighted by Gasteiger charge is -2.16. The molecule has 0 radical (unpaired) electrons. The Morgan fingerprint density at radius 2 is 2.12 bits per heavy atom. The van der Waals surface area contributed by atoms with Crippen LogP contribution in [0.25, 0.3) is 0 Å². The monoisotopic (exact) mass is 335 g/mol. The van der Waals surface area contributed by atoms with Crippen molar-refractivity contribution in [1.29, 1.82) is 5.26 Å². The van der Waals surface area contributed by atoms with Crippen LogP contribution in [0.4, 0.5) is 5.82 Å². The van der Waals surface area contributed by atoms with Gasteiger partial charge in [-0.25, -0.2) is 4.98 Å². The molecule has 1 saturated heterocycles. The zero-order chi connectivity index (χ0) is 17.6. The Balaban J connectivity index is 1.46. The van der Waals surface area contributed by atoms with Gasteiger partial charge in [-0.3, -0.25) is 9.69 Å². The van der Waals surface area contributed by atoms with Crippen molar-refractivity contribution in [2.24, 2.45) is 11.7 Å². The molecular weight excluding hydrogens is 314 g/mol. The summed E-state index contributed by atoms with van der Waals surface area (Å²) in [5, 5.41) is 12.1. The van der Waals surface area contributed by atoms with Gasteiger partial charge in [-0.1, -0.05) is 12.1 Å². The number of carbonyl (C=O) groups excluding carboxylic acids is 1. The number of hydrogen-bond donors (Lipinski definition) is 2. The van der Waals surface area contributed by atoms with Crippen LogP contribution in [-0.4, -0.2) is 35.4 Å². The van der Waals surface area contributed by atoms with Crippen LogP contribution in [0.1, 0.15) is 27.9 Å². The van der Waals surface area contributed by atoms with Gasteiger partial charge in [0.25, 0.3) is 0 Å². The fourth-order valence-electron chi connectivity index (χ4n) is 3.07. The van der Waals surface area contributed by atoms with Gasteiger partial charge >= 0.3 is 0 Å². The summed E-state index contributed by atoms with van der Waals surface area (Å²) in [5.74, 6) is 0.983. The van der Waals surface area contributed by atoms with Crippen LogP contribution >= 0.6 is 0 Å². The zero-order valence-corrected chi connectivity index (χ0v) is 14.0. The molecule has 128 valence electrons. The number of carbonyl (C=O) groups is 1. The molecule has 6 nitrogen and oxygen atoms in total.